The lowest BCUT2D eigenvalue weighted by Crippen LogP contribution is -2.47. The molecule has 1 saturated heterocycles. The molecule has 1 heterocycles. The van der Waals surface area contributed by atoms with E-state index in [4.69, 9.17) is 10.8 Å². The van der Waals surface area contributed by atoms with Gasteiger partial charge >= 0.3 is 12.0 Å². The maximum Gasteiger partial charge on any atom is 0.327 e. The van der Waals surface area contributed by atoms with Gasteiger partial charge in [0.15, 0.2) is 0 Å². The third-order valence-electron chi connectivity index (χ3n) is 2.08. The van der Waals surface area contributed by atoms with Gasteiger partial charge in [-0.05, 0) is 0 Å². The Morgan fingerprint density at radius 2 is 2.19 bits per heavy atom. The van der Waals surface area contributed by atoms with Crippen molar-refractivity contribution in [2.75, 3.05) is 18.2 Å². The summed E-state index contributed by atoms with van der Waals surface area (Å²) in [6, 6.07) is -1.27. The number of hydrogen-bond acceptors (Lipinski definition) is 4. The highest BCUT2D eigenvalue weighted by Crippen LogP contribution is 2.20. The summed E-state index contributed by atoms with van der Waals surface area (Å²) in [6.07, 6.45) is 0.0461. The van der Waals surface area contributed by atoms with Gasteiger partial charge < -0.3 is 21.1 Å². The van der Waals surface area contributed by atoms with Crippen molar-refractivity contribution in [2.24, 2.45) is 5.73 Å². The smallest absolute Gasteiger partial charge is 0.327 e. The predicted octanol–water partition coefficient (Wildman–Crippen LogP) is -0.969. The van der Waals surface area contributed by atoms with E-state index in [1.165, 1.54) is 16.7 Å². The highest BCUT2D eigenvalue weighted by atomic mass is 32.2. The van der Waals surface area contributed by atoms with Gasteiger partial charge in [0, 0.05) is 18.7 Å². The molecule has 3 amide bonds. The van der Waals surface area contributed by atoms with Crippen LogP contribution < -0.4 is 11.1 Å². The third kappa shape index (κ3) is 3.30. The van der Waals surface area contributed by atoms with Crippen LogP contribution in [0.1, 0.15) is 6.42 Å². The number of carboxylic acid groups (broad SMARTS) is 1. The molecular weight excluding hydrogens is 234 g/mol. The van der Waals surface area contributed by atoms with E-state index in [9.17, 15) is 14.4 Å². The number of hydrogen-bond donors (Lipinski definition) is 3. The van der Waals surface area contributed by atoms with Crippen LogP contribution in [-0.2, 0) is 9.59 Å². The SMILES string of the molecule is NC(=O)CCNC(=O)N1CSCC1C(=O)O. The predicted molar refractivity (Wildman–Crippen MR) is 57.8 cm³/mol. The number of nitrogens with one attached hydrogen (secondary N) is 1. The van der Waals surface area contributed by atoms with Gasteiger partial charge in [0.2, 0.25) is 5.91 Å². The largest absolute Gasteiger partial charge is 0.480 e. The molecule has 0 aromatic rings. The lowest BCUT2D eigenvalue weighted by molar-refractivity contribution is -0.140. The van der Waals surface area contributed by atoms with Gasteiger partial charge in [-0.2, -0.15) is 0 Å². The fourth-order valence-corrected chi connectivity index (χ4v) is 2.39. The molecule has 4 N–H and O–H groups in total. The van der Waals surface area contributed by atoms with E-state index in [0.29, 0.717) is 11.6 Å². The molecule has 1 rings (SSSR count). The molecule has 90 valence electrons. The minimum atomic E-state index is -1.02. The van der Waals surface area contributed by atoms with E-state index in [0.717, 1.165) is 0 Å². The maximum atomic E-state index is 11.5. The zero-order chi connectivity index (χ0) is 12.1. The highest BCUT2D eigenvalue weighted by Gasteiger charge is 2.34. The number of carbonyl (C=O) groups excluding carboxylic acids is 2. The van der Waals surface area contributed by atoms with E-state index in [-0.39, 0.29) is 13.0 Å². The van der Waals surface area contributed by atoms with Crippen LogP contribution in [0.25, 0.3) is 0 Å². The van der Waals surface area contributed by atoms with Gasteiger partial charge in [-0.3, -0.25) is 4.79 Å². The first-order valence-electron chi connectivity index (χ1n) is 4.65. The first kappa shape index (κ1) is 12.6. The quantitative estimate of drug-likeness (QED) is 0.591. The molecule has 16 heavy (non-hydrogen) atoms. The van der Waals surface area contributed by atoms with Gasteiger partial charge in [0.1, 0.15) is 6.04 Å². The molecule has 0 saturated carbocycles. The van der Waals surface area contributed by atoms with Gasteiger partial charge in [-0.15, -0.1) is 11.8 Å². The van der Waals surface area contributed by atoms with Crippen molar-refractivity contribution in [1.29, 1.82) is 0 Å². The van der Waals surface area contributed by atoms with E-state index >= 15 is 0 Å². The second-order valence-corrected chi connectivity index (χ2v) is 4.27. The number of rotatable bonds is 4. The van der Waals surface area contributed by atoms with E-state index in [1.807, 2.05) is 0 Å². The molecule has 0 radical (unpaired) electrons. The van der Waals surface area contributed by atoms with Crippen LogP contribution in [0.4, 0.5) is 4.79 Å². The maximum absolute atomic E-state index is 11.5. The summed E-state index contributed by atoms with van der Waals surface area (Å²) in [5.41, 5.74) is 4.91. The zero-order valence-corrected chi connectivity index (χ0v) is 9.33. The molecule has 1 unspecified atom stereocenters. The molecule has 0 aliphatic carbocycles. The third-order valence-corrected chi connectivity index (χ3v) is 3.09. The van der Waals surface area contributed by atoms with Crippen molar-refractivity contribution in [1.82, 2.24) is 10.2 Å². The Morgan fingerprint density at radius 3 is 2.75 bits per heavy atom. The highest BCUT2D eigenvalue weighted by molar-refractivity contribution is 7.99. The number of nitrogens with zero attached hydrogens (tertiary/aromatic N) is 1. The number of primary amides is 1. The fraction of sp³-hybridized carbons (Fsp3) is 0.625. The summed E-state index contributed by atoms with van der Waals surface area (Å²) in [5, 5.41) is 11.3. The van der Waals surface area contributed by atoms with Crippen LogP contribution in [0.5, 0.6) is 0 Å². The Hall–Kier alpha value is -1.44. The Kier molecular flexibility index (Phi) is 4.41. The summed E-state index contributed by atoms with van der Waals surface area (Å²) < 4.78 is 0. The summed E-state index contributed by atoms with van der Waals surface area (Å²) in [5.74, 6) is -0.793. The molecule has 7 nitrogen and oxygen atoms in total. The second kappa shape index (κ2) is 5.59. The van der Waals surface area contributed by atoms with Crippen molar-refractivity contribution in [2.45, 2.75) is 12.5 Å². The second-order valence-electron chi connectivity index (χ2n) is 3.27. The minimum absolute atomic E-state index is 0.0461. The van der Waals surface area contributed by atoms with Crippen molar-refractivity contribution < 1.29 is 19.5 Å². The first-order chi connectivity index (χ1) is 7.52. The molecular formula is C8H13N3O4S. The molecule has 8 heteroatoms. The summed E-state index contributed by atoms with van der Waals surface area (Å²) in [7, 11) is 0. The normalized spacial score (nSPS) is 19.5. The van der Waals surface area contributed by atoms with E-state index in [2.05, 4.69) is 5.32 Å². The van der Waals surface area contributed by atoms with Gasteiger partial charge in [0.25, 0.3) is 0 Å². The standard InChI is InChI=1S/C8H13N3O4S/c9-6(12)1-2-10-8(15)11-4-16-3-5(11)7(13)14/h5H,1-4H2,(H2,9,12)(H,10,15)(H,13,14). The lowest BCUT2D eigenvalue weighted by atomic mass is 10.3. The summed E-state index contributed by atoms with van der Waals surface area (Å²) in [6.45, 7) is 0.127. The average molecular weight is 247 g/mol. The van der Waals surface area contributed by atoms with Gasteiger partial charge in [-0.25, -0.2) is 9.59 Å². The number of amides is 3. The van der Waals surface area contributed by atoms with E-state index in [1.54, 1.807) is 0 Å². The molecule has 0 aromatic heterocycles. The van der Waals surface area contributed by atoms with Crippen LogP contribution in [-0.4, -0.2) is 52.1 Å². The van der Waals surface area contributed by atoms with Crippen LogP contribution in [0.3, 0.4) is 0 Å². The van der Waals surface area contributed by atoms with Crippen LogP contribution in [0, 0.1) is 0 Å². The molecule has 0 aromatic carbocycles. The molecule has 1 atom stereocenters. The number of nitrogens with two attached hydrogens (primary N) is 1. The molecule has 0 bridgehead atoms. The molecule has 1 aliphatic rings. The minimum Gasteiger partial charge on any atom is -0.480 e. The van der Waals surface area contributed by atoms with Crippen molar-refractivity contribution >= 4 is 29.7 Å². The van der Waals surface area contributed by atoms with Gasteiger partial charge in [0.05, 0.1) is 5.88 Å². The van der Waals surface area contributed by atoms with Crippen molar-refractivity contribution in [3.63, 3.8) is 0 Å². The number of aliphatic carboxylic acids is 1. The Labute approximate surface area is 96.3 Å². The number of thioether (sulfide) groups is 1. The topological polar surface area (TPSA) is 113 Å². The lowest BCUT2D eigenvalue weighted by Gasteiger charge is -2.20. The Balaban J connectivity index is 2.41. The van der Waals surface area contributed by atoms with Crippen LogP contribution in [0.15, 0.2) is 0 Å². The Bertz CT molecular complexity index is 310. The van der Waals surface area contributed by atoms with Crippen molar-refractivity contribution in [3.8, 4) is 0 Å². The average Bonchev–Trinajstić information content (AvgIpc) is 2.65. The first-order valence-corrected chi connectivity index (χ1v) is 5.81. The summed E-state index contributed by atoms with van der Waals surface area (Å²) >= 11 is 1.38. The molecule has 0 spiro atoms. The number of carboxylic acids is 1. The fourth-order valence-electron chi connectivity index (χ4n) is 1.24. The van der Waals surface area contributed by atoms with Gasteiger partial charge in [-0.1, -0.05) is 0 Å². The zero-order valence-electron chi connectivity index (χ0n) is 8.51. The molecule has 1 fully saturated rings. The monoisotopic (exact) mass is 247 g/mol. The summed E-state index contributed by atoms with van der Waals surface area (Å²) in [4.78, 5) is 34.0. The molecule has 1 aliphatic heterocycles. The van der Waals surface area contributed by atoms with E-state index < -0.39 is 23.9 Å². The van der Waals surface area contributed by atoms with Crippen LogP contribution >= 0.6 is 11.8 Å². The Morgan fingerprint density at radius 1 is 1.50 bits per heavy atom. The number of urea groups is 1. The van der Waals surface area contributed by atoms with Crippen molar-refractivity contribution in [3.05, 3.63) is 0 Å². The van der Waals surface area contributed by atoms with Crippen LogP contribution in [0.2, 0.25) is 0 Å². The number of carbonyl (C=O) groups is 3.